The summed E-state index contributed by atoms with van der Waals surface area (Å²) in [5, 5.41) is 12.5. The first-order valence-electron chi connectivity index (χ1n) is 8.32. The highest BCUT2D eigenvalue weighted by molar-refractivity contribution is 5.91. The van der Waals surface area contributed by atoms with Gasteiger partial charge in [-0.15, -0.1) is 0 Å². The molecule has 24 heavy (non-hydrogen) atoms. The predicted molar refractivity (Wildman–Crippen MR) is 90.5 cm³/mol. The van der Waals surface area contributed by atoms with E-state index in [1.807, 2.05) is 26.0 Å². The Labute approximate surface area is 141 Å². The van der Waals surface area contributed by atoms with Gasteiger partial charge in [-0.2, -0.15) is 0 Å². The number of nitrogens with one attached hydrogen (secondary N) is 1. The predicted octanol–water partition coefficient (Wildman–Crippen LogP) is 3.03. The fraction of sp³-hybridized carbons (Fsp3) is 0.556. The molecule has 2 fully saturated rings. The molecule has 1 aromatic rings. The van der Waals surface area contributed by atoms with Crippen LogP contribution in [0.25, 0.3) is 0 Å². The van der Waals surface area contributed by atoms with E-state index < -0.39 is 11.4 Å². The second-order valence-corrected chi connectivity index (χ2v) is 7.00. The van der Waals surface area contributed by atoms with Gasteiger partial charge < -0.3 is 20.1 Å². The molecule has 6 heteroatoms. The van der Waals surface area contributed by atoms with E-state index in [0.29, 0.717) is 25.2 Å². The first-order chi connectivity index (χ1) is 11.4. The number of rotatable bonds is 3. The highest BCUT2D eigenvalue weighted by Crippen LogP contribution is 2.49. The third kappa shape index (κ3) is 2.60. The van der Waals surface area contributed by atoms with Crippen molar-refractivity contribution in [2.24, 2.45) is 11.3 Å². The molecular weight excluding hydrogens is 308 g/mol. The number of aryl methyl sites for hydroxylation is 2. The number of likely N-dealkylation sites (tertiary alicyclic amines) is 1. The number of anilines is 1. The minimum atomic E-state index is -0.770. The Balaban J connectivity index is 1.76. The van der Waals surface area contributed by atoms with Crippen LogP contribution in [0, 0.1) is 25.2 Å². The van der Waals surface area contributed by atoms with Crippen LogP contribution >= 0.6 is 0 Å². The average molecular weight is 332 g/mol. The number of aliphatic carboxylic acids is 1. The van der Waals surface area contributed by atoms with Crippen LogP contribution in [0.5, 0.6) is 5.75 Å². The molecule has 0 spiro atoms. The van der Waals surface area contributed by atoms with Gasteiger partial charge >= 0.3 is 12.0 Å². The highest BCUT2D eigenvalue weighted by atomic mass is 16.5. The fourth-order valence-electron chi connectivity index (χ4n) is 4.17. The van der Waals surface area contributed by atoms with Crippen LogP contribution in [0.2, 0.25) is 0 Å². The molecule has 2 amide bonds. The number of fused-ring (bicyclic) bond motifs is 1. The van der Waals surface area contributed by atoms with Crippen molar-refractivity contribution < 1.29 is 19.4 Å². The molecule has 6 nitrogen and oxygen atoms in total. The van der Waals surface area contributed by atoms with Crippen LogP contribution in [0.1, 0.15) is 30.4 Å². The zero-order valence-electron chi connectivity index (χ0n) is 14.4. The number of hydrogen-bond acceptors (Lipinski definition) is 3. The number of carboxylic acids is 1. The first kappa shape index (κ1) is 16.6. The molecule has 1 aromatic carbocycles. The smallest absolute Gasteiger partial charge is 0.321 e. The molecule has 0 aromatic heterocycles. The molecule has 1 aliphatic carbocycles. The number of carboxylic acid groups (broad SMARTS) is 1. The molecule has 2 N–H and O–H groups in total. The Morgan fingerprint density at radius 1 is 1.33 bits per heavy atom. The maximum absolute atomic E-state index is 12.6. The van der Waals surface area contributed by atoms with Gasteiger partial charge in [0.05, 0.1) is 12.5 Å². The van der Waals surface area contributed by atoms with E-state index in [9.17, 15) is 14.7 Å². The number of carbonyl (C=O) groups is 2. The van der Waals surface area contributed by atoms with E-state index in [2.05, 4.69) is 5.32 Å². The number of nitrogens with zero attached hydrogens (tertiary/aromatic N) is 1. The van der Waals surface area contributed by atoms with Crippen molar-refractivity contribution in [3.8, 4) is 5.75 Å². The number of amides is 2. The SMILES string of the molecule is COc1cc(NC(=O)N2C[C@@H]3CCC[C@@]3(C(=O)O)C2)c(C)cc1C. The second kappa shape index (κ2) is 6.00. The second-order valence-electron chi connectivity index (χ2n) is 7.00. The van der Waals surface area contributed by atoms with Crippen molar-refractivity contribution in [2.45, 2.75) is 33.1 Å². The maximum Gasteiger partial charge on any atom is 0.321 e. The lowest BCUT2D eigenvalue weighted by atomic mass is 9.81. The van der Waals surface area contributed by atoms with Crippen molar-refractivity contribution >= 4 is 17.7 Å². The quantitative estimate of drug-likeness (QED) is 0.892. The number of urea groups is 1. The Morgan fingerprint density at radius 3 is 2.71 bits per heavy atom. The molecular formula is C18H24N2O4. The lowest BCUT2D eigenvalue weighted by Gasteiger charge is -2.23. The summed E-state index contributed by atoms with van der Waals surface area (Å²) in [5.41, 5.74) is 1.91. The van der Waals surface area contributed by atoms with Gasteiger partial charge in [-0.3, -0.25) is 4.79 Å². The van der Waals surface area contributed by atoms with Gasteiger partial charge in [0.1, 0.15) is 5.75 Å². The van der Waals surface area contributed by atoms with Crippen LogP contribution in [0.4, 0.5) is 10.5 Å². The number of ether oxygens (including phenoxy) is 1. The molecule has 2 aliphatic rings. The summed E-state index contributed by atoms with van der Waals surface area (Å²) in [4.78, 5) is 26.0. The van der Waals surface area contributed by atoms with Crippen molar-refractivity contribution in [3.05, 3.63) is 23.3 Å². The molecule has 1 heterocycles. The van der Waals surface area contributed by atoms with Crippen molar-refractivity contribution in [1.29, 1.82) is 0 Å². The molecule has 1 saturated heterocycles. The normalized spacial score (nSPS) is 25.5. The monoisotopic (exact) mass is 332 g/mol. The first-order valence-corrected chi connectivity index (χ1v) is 8.32. The lowest BCUT2D eigenvalue weighted by molar-refractivity contribution is -0.149. The lowest BCUT2D eigenvalue weighted by Crippen LogP contribution is -2.38. The number of carbonyl (C=O) groups excluding carboxylic acids is 1. The summed E-state index contributed by atoms with van der Waals surface area (Å²) < 4.78 is 5.31. The zero-order chi connectivity index (χ0) is 17.5. The number of benzene rings is 1. The van der Waals surface area contributed by atoms with E-state index >= 15 is 0 Å². The van der Waals surface area contributed by atoms with Gasteiger partial charge in [0.25, 0.3) is 0 Å². The summed E-state index contributed by atoms with van der Waals surface area (Å²) in [6.45, 7) is 4.69. The largest absolute Gasteiger partial charge is 0.496 e. The molecule has 0 unspecified atom stereocenters. The van der Waals surface area contributed by atoms with Gasteiger partial charge in [-0.05, 0) is 43.7 Å². The molecule has 3 rings (SSSR count). The average Bonchev–Trinajstić information content (AvgIpc) is 3.08. The minimum Gasteiger partial charge on any atom is -0.496 e. The number of hydrogen-bond donors (Lipinski definition) is 2. The maximum atomic E-state index is 12.6. The standard InChI is InChI=1S/C18H24N2O4/c1-11-7-12(2)15(24-3)8-14(11)19-17(23)20-9-13-5-4-6-18(13,10-20)16(21)22/h7-8,13H,4-6,9-10H2,1-3H3,(H,19,23)(H,21,22)/t13-,18+/m0/s1. The van der Waals surface area contributed by atoms with E-state index in [0.717, 1.165) is 29.7 Å². The Kier molecular flexibility index (Phi) is 4.15. The van der Waals surface area contributed by atoms with Gasteiger partial charge in [-0.25, -0.2) is 4.79 Å². The molecule has 0 bridgehead atoms. The summed E-state index contributed by atoms with van der Waals surface area (Å²) >= 11 is 0. The molecule has 2 atom stereocenters. The molecule has 1 saturated carbocycles. The van der Waals surface area contributed by atoms with Gasteiger partial charge in [0.15, 0.2) is 0 Å². The van der Waals surface area contributed by atoms with E-state index in [1.165, 1.54) is 0 Å². The molecule has 0 radical (unpaired) electrons. The Bertz CT molecular complexity index is 688. The Hall–Kier alpha value is -2.24. The van der Waals surface area contributed by atoms with Gasteiger partial charge in [0, 0.05) is 24.8 Å². The molecule has 1 aliphatic heterocycles. The third-order valence-electron chi connectivity index (χ3n) is 5.57. The highest BCUT2D eigenvalue weighted by Gasteiger charge is 2.55. The summed E-state index contributed by atoms with van der Waals surface area (Å²) in [6, 6.07) is 3.54. The van der Waals surface area contributed by atoms with Crippen molar-refractivity contribution in [3.63, 3.8) is 0 Å². The summed E-state index contributed by atoms with van der Waals surface area (Å²) in [6.07, 6.45) is 2.47. The summed E-state index contributed by atoms with van der Waals surface area (Å²) in [7, 11) is 1.60. The number of methoxy groups -OCH3 is 1. The van der Waals surface area contributed by atoms with Crippen LogP contribution in [-0.4, -0.2) is 42.2 Å². The third-order valence-corrected chi connectivity index (χ3v) is 5.57. The van der Waals surface area contributed by atoms with Crippen LogP contribution in [0.15, 0.2) is 12.1 Å². The van der Waals surface area contributed by atoms with E-state index in [1.54, 1.807) is 12.0 Å². The molecule has 130 valence electrons. The topological polar surface area (TPSA) is 78.9 Å². The van der Waals surface area contributed by atoms with Crippen LogP contribution in [-0.2, 0) is 4.79 Å². The van der Waals surface area contributed by atoms with Crippen molar-refractivity contribution in [1.82, 2.24) is 4.90 Å². The summed E-state index contributed by atoms with van der Waals surface area (Å²) in [5.74, 6) is 0.0130. The van der Waals surface area contributed by atoms with Crippen LogP contribution < -0.4 is 10.1 Å². The minimum absolute atomic E-state index is 0.0643. The fourth-order valence-corrected chi connectivity index (χ4v) is 4.17. The Morgan fingerprint density at radius 2 is 2.08 bits per heavy atom. The zero-order valence-corrected chi connectivity index (χ0v) is 14.4. The van der Waals surface area contributed by atoms with Gasteiger partial charge in [0.2, 0.25) is 0 Å². The van der Waals surface area contributed by atoms with E-state index in [-0.39, 0.29) is 11.9 Å². The van der Waals surface area contributed by atoms with E-state index in [4.69, 9.17) is 4.74 Å². The van der Waals surface area contributed by atoms with Crippen LogP contribution in [0.3, 0.4) is 0 Å². The van der Waals surface area contributed by atoms with Crippen molar-refractivity contribution in [2.75, 3.05) is 25.5 Å². The van der Waals surface area contributed by atoms with Gasteiger partial charge in [-0.1, -0.05) is 12.5 Å².